The smallest absolute Gasteiger partial charge is 0.408 e. The van der Waals surface area contributed by atoms with E-state index in [0.29, 0.717) is 25.6 Å². The van der Waals surface area contributed by atoms with Gasteiger partial charge in [-0.2, -0.15) is 0 Å². The molecule has 0 radical (unpaired) electrons. The number of piperidine rings is 1. The average molecular weight is 380 g/mol. The first-order valence-corrected chi connectivity index (χ1v) is 9.95. The molecule has 0 aromatic rings. The lowest BCUT2D eigenvalue weighted by atomic mass is 9.96. The van der Waals surface area contributed by atoms with Crippen molar-refractivity contribution in [2.24, 2.45) is 5.92 Å². The second-order valence-corrected chi connectivity index (χ2v) is 8.43. The lowest BCUT2D eigenvalue weighted by molar-refractivity contribution is -0.131. The summed E-state index contributed by atoms with van der Waals surface area (Å²) in [5.41, 5.74) is 0.675. The van der Waals surface area contributed by atoms with Crippen LogP contribution in [-0.4, -0.2) is 54.6 Å². The van der Waals surface area contributed by atoms with E-state index in [0.717, 1.165) is 25.7 Å². The van der Waals surface area contributed by atoms with Crippen LogP contribution in [0.4, 0.5) is 4.79 Å². The second-order valence-electron chi connectivity index (χ2n) is 8.43. The third-order valence-corrected chi connectivity index (χ3v) is 4.90. The highest BCUT2D eigenvalue weighted by Crippen LogP contribution is 2.23. The second kappa shape index (κ2) is 9.76. The molecule has 1 heterocycles. The minimum Gasteiger partial charge on any atom is -0.444 e. The lowest BCUT2D eigenvalue weighted by Gasteiger charge is -2.32. The quantitative estimate of drug-likeness (QED) is 0.718. The van der Waals surface area contributed by atoms with E-state index in [1.807, 2.05) is 0 Å². The molecule has 3 amide bonds. The van der Waals surface area contributed by atoms with Crippen molar-refractivity contribution in [3.63, 3.8) is 0 Å². The molecule has 2 N–H and O–H groups in total. The monoisotopic (exact) mass is 379 g/mol. The summed E-state index contributed by atoms with van der Waals surface area (Å²) < 4.78 is 5.13. The van der Waals surface area contributed by atoms with E-state index in [1.165, 1.54) is 18.4 Å². The molecular formula is C20H33N3O4. The molecule has 2 fully saturated rings. The minimum absolute atomic E-state index is 0.00645. The van der Waals surface area contributed by atoms with Crippen LogP contribution in [0.25, 0.3) is 0 Å². The van der Waals surface area contributed by atoms with Gasteiger partial charge >= 0.3 is 6.09 Å². The Morgan fingerprint density at radius 1 is 1.11 bits per heavy atom. The molecule has 7 nitrogen and oxygen atoms in total. The maximum Gasteiger partial charge on any atom is 0.408 e. The topological polar surface area (TPSA) is 87.7 Å². The van der Waals surface area contributed by atoms with Gasteiger partial charge in [-0.25, -0.2) is 4.79 Å². The van der Waals surface area contributed by atoms with Crippen LogP contribution >= 0.6 is 0 Å². The zero-order valence-electron chi connectivity index (χ0n) is 16.8. The number of likely N-dealkylation sites (tertiary alicyclic amines) is 1. The Balaban J connectivity index is 1.63. The Morgan fingerprint density at radius 3 is 2.33 bits per heavy atom. The zero-order chi connectivity index (χ0) is 19.9. The van der Waals surface area contributed by atoms with Gasteiger partial charge in [-0.3, -0.25) is 9.59 Å². The molecule has 1 aliphatic heterocycles. The summed E-state index contributed by atoms with van der Waals surface area (Å²) in [7, 11) is 0. The van der Waals surface area contributed by atoms with E-state index in [2.05, 4.69) is 10.6 Å². The largest absolute Gasteiger partial charge is 0.444 e. The van der Waals surface area contributed by atoms with E-state index in [9.17, 15) is 14.4 Å². The first kappa shape index (κ1) is 21.3. The highest BCUT2D eigenvalue weighted by molar-refractivity contribution is 5.88. The van der Waals surface area contributed by atoms with Gasteiger partial charge in [-0.05, 0) is 65.2 Å². The summed E-state index contributed by atoms with van der Waals surface area (Å²) in [6.45, 7) is 7.24. The number of hydrogen-bond donors (Lipinski definition) is 2. The van der Waals surface area contributed by atoms with Gasteiger partial charge in [0.05, 0.1) is 0 Å². The van der Waals surface area contributed by atoms with E-state index >= 15 is 0 Å². The average Bonchev–Trinajstić information content (AvgIpc) is 3.10. The van der Waals surface area contributed by atoms with Crippen molar-refractivity contribution in [1.82, 2.24) is 15.5 Å². The predicted octanol–water partition coefficient (Wildman–Crippen LogP) is 2.37. The molecule has 1 saturated carbocycles. The van der Waals surface area contributed by atoms with Crippen molar-refractivity contribution in [2.45, 2.75) is 64.9 Å². The first-order valence-electron chi connectivity index (χ1n) is 9.95. The van der Waals surface area contributed by atoms with Gasteiger partial charge < -0.3 is 20.3 Å². The van der Waals surface area contributed by atoms with Crippen LogP contribution in [0.3, 0.4) is 0 Å². The molecule has 1 saturated heterocycles. The van der Waals surface area contributed by atoms with Gasteiger partial charge in [0.25, 0.3) is 0 Å². The molecular weight excluding hydrogens is 346 g/mol. The molecule has 0 aromatic carbocycles. The molecule has 0 aromatic heterocycles. The Morgan fingerprint density at radius 2 is 1.74 bits per heavy atom. The van der Waals surface area contributed by atoms with Crippen molar-refractivity contribution in [2.75, 3.05) is 26.2 Å². The fourth-order valence-electron chi connectivity index (χ4n) is 3.42. The normalized spacial score (nSPS) is 18.2. The maximum atomic E-state index is 12.2. The van der Waals surface area contributed by atoms with Crippen LogP contribution in [0.15, 0.2) is 11.6 Å². The zero-order valence-corrected chi connectivity index (χ0v) is 16.8. The molecule has 0 bridgehead atoms. The maximum absolute atomic E-state index is 12.2. The molecule has 152 valence electrons. The van der Waals surface area contributed by atoms with Crippen LogP contribution in [0.5, 0.6) is 0 Å². The number of alkyl carbamates (subject to hydrolysis) is 1. The van der Waals surface area contributed by atoms with Gasteiger partial charge in [0, 0.05) is 25.7 Å². The summed E-state index contributed by atoms with van der Waals surface area (Å²) in [5, 5.41) is 5.50. The summed E-state index contributed by atoms with van der Waals surface area (Å²) >= 11 is 0. The number of rotatable bonds is 5. The molecule has 0 spiro atoms. The number of carbonyl (C=O) groups is 3. The van der Waals surface area contributed by atoms with E-state index in [4.69, 9.17) is 4.74 Å². The van der Waals surface area contributed by atoms with Crippen LogP contribution in [-0.2, 0) is 14.3 Å². The fraction of sp³-hybridized carbons (Fsp3) is 0.750. The van der Waals surface area contributed by atoms with Crippen molar-refractivity contribution >= 4 is 17.9 Å². The van der Waals surface area contributed by atoms with Crippen LogP contribution in [0.1, 0.15) is 59.3 Å². The fourth-order valence-corrected chi connectivity index (χ4v) is 3.42. The van der Waals surface area contributed by atoms with Crippen molar-refractivity contribution < 1.29 is 19.1 Å². The number of hydrogen-bond acceptors (Lipinski definition) is 4. The number of carbonyl (C=O) groups excluding carboxylic acids is 3. The van der Waals surface area contributed by atoms with Crippen molar-refractivity contribution in [3.8, 4) is 0 Å². The Hall–Kier alpha value is -2.05. The first-order chi connectivity index (χ1) is 12.7. The van der Waals surface area contributed by atoms with Crippen molar-refractivity contribution in [3.05, 3.63) is 11.6 Å². The molecule has 0 unspecified atom stereocenters. The summed E-state index contributed by atoms with van der Waals surface area (Å²) in [4.78, 5) is 37.6. The molecule has 1 aliphatic carbocycles. The lowest BCUT2D eigenvalue weighted by Crippen LogP contribution is -2.46. The van der Waals surface area contributed by atoms with E-state index in [1.54, 1.807) is 31.7 Å². The predicted molar refractivity (Wildman–Crippen MR) is 103 cm³/mol. The van der Waals surface area contributed by atoms with Crippen LogP contribution in [0.2, 0.25) is 0 Å². The molecule has 2 rings (SSSR count). The summed E-state index contributed by atoms with van der Waals surface area (Å²) in [5.74, 6) is 0.292. The van der Waals surface area contributed by atoms with Crippen LogP contribution < -0.4 is 10.6 Å². The highest BCUT2D eigenvalue weighted by atomic mass is 16.6. The molecule has 27 heavy (non-hydrogen) atoms. The SMILES string of the molecule is CC(C)(C)OC(=O)NCC(=O)N1CCC(CNC(=O)C=C2CCCC2)CC1. The van der Waals surface area contributed by atoms with Crippen molar-refractivity contribution in [1.29, 1.82) is 0 Å². The Kier molecular flexibility index (Phi) is 7.68. The van der Waals surface area contributed by atoms with E-state index < -0.39 is 11.7 Å². The van der Waals surface area contributed by atoms with Gasteiger partial charge in [0.1, 0.15) is 12.1 Å². The molecule has 2 aliphatic rings. The highest BCUT2D eigenvalue weighted by Gasteiger charge is 2.24. The number of amides is 3. The third-order valence-electron chi connectivity index (χ3n) is 4.90. The van der Waals surface area contributed by atoms with Gasteiger partial charge in [-0.15, -0.1) is 0 Å². The molecule has 0 atom stereocenters. The van der Waals surface area contributed by atoms with E-state index in [-0.39, 0.29) is 18.4 Å². The number of nitrogens with zero attached hydrogens (tertiary/aromatic N) is 1. The number of ether oxygens (including phenoxy) is 1. The van der Waals surface area contributed by atoms with Gasteiger partial charge in [0.15, 0.2) is 0 Å². The third kappa shape index (κ3) is 8.01. The van der Waals surface area contributed by atoms with Gasteiger partial charge in [0.2, 0.25) is 11.8 Å². The Labute approximate surface area is 161 Å². The standard InChI is InChI=1S/C20H33N3O4/c1-20(2,3)27-19(26)22-14-18(25)23-10-8-16(9-11-23)13-21-17(24)12-15-6-4-5-7-15/h12,16H,4-11,13-14H2,1-3H3,(H,21,24)(H,22,26). The summed E-state index contributed by atoms with van der Waals surface area (Å²) in [6.07, 6.45) is 7.36. The number of allylic oxidation sites excluding steroid dienone is 1. The summed E-state index contributed by atoms with van der Waals surface area (Å²) in [6, 6.07) is 0. The number of nitrogens with one attached hydrogen (secondary N) is 2. The van der Waals surface area contributed by atoms with Crippen LogP contribution in [0, 0.1) is 5.92 Å². The minimum atomic E-state index is -0.580. The molecule has 7 heteroatoms. The Bertz CT molecular complexity index is 564. The van der Waals surface area contributed by atoms with Gasteiger partial charge in [-0.1, -0.05) is 5.57 Å².